The molecule has 7 nitrogen and oxygen atoms in total. The van der Waals surface area contributed by atoms with Gasteiger partial charge in [0.15, 0.2) is 6.29 Å². The quantitative estimate of drug-likeness (QED) is 0.850. The van der Waals surface area contributed by atoms with Gasteiger partial charge >= 0.3 is 0 Å². The van der Waals surface area contributed by atoms with Gasteiger partial charge in [0.1, 0.15) is 0 Å². The molecule has 2 aromatic rings. The minimum Gasteiger partial charge on any atom is -0.350 e. The van der Waals surface area contributed by atoms with Crippen molar-refractivity contribution in [3.05, 3.63) is 30.4 Å². The number of hydrogen-bond donors (Lipinski definition) is 0. The van der Waals surface area contributed by atoms with E-state index in [1.54, 1.807) is 12.4 Å². The molecule has 2 fully saturated rings. The molecular formula is C16H20N4O3. The lowest BCUT2D eigenvalue weighted by atomic mass is 9.97. The molecule has 1 atom stereocenters. The van der Waals surface area contributed by atoms with Crippen LogP contribution in [-0.2, 0) is 16.0 Å². The van der Waals surface area contributed by atoms with Crippen molar-refractivity contribution in [1.82, 2.24) is 20.0 Å². The lowest BCUT2D eigenvalue weighted by Gasteiger charge is -2.33. The van der Waals surface area contributed by atoms with Crippen molar-refractivity contribution in [2.24, 2.45) is 5.92 Å². The number of hydrogen-bond acceptors (Lipinski definition) is 7. The first-order valence-corrected chi connectivity index (χ1v) is 8.07. The van der Waals surface area contributed by atoms with Crippen LogP contribution in [0, 0.1) is 5.92 Å². The fraction of sp³-hybridized carbons (Fsp3) is 0.562. The first-order chi connectivity index (χ1) is 11.4. The maximum atomic E-state index is 5.65. The van der Waals surface area contributed by atoms with Crippen LogP contribution < -0.4 is 0 Å². The zero-order valence-corrected chi connectivity index (χ0v) is 12.9. The third-order valence-electron chi connectivity index (χ3n) is 4.32. The molecule has 2 aliphatic heterocycles. The molecule has 0 aromatic carbocycles. The summed E-state index contributed by atoms with van der Waals surface area (Å²) >= 11 is 0. The minimum atomic E-state index is -0.0496. The molecule has 2 saturated heterocycles. The largest absolute Gasteiger partial charge is 0.350 e. The fourth-order valence-electron chi connectivity index (χ4n) is 3.23. The van der Waals surface area contributed by atoms with Gasteiger partial charge in [-0.2, -0.15) is 4.98 Å². The third-order valence-corrected chi connectivity index (χ3v) is 4.32. The molecule has 4 rings (SSSR count). The number of likely N-dealkylation sites (tertiary alicyclic amines) is 1. The van der Waals surface area contributed by atoms with Crippen LogP contribution in [0.1, 0.15) is 18.7 Å². The van der Waals surface area contributed by atoms with Crippen LogP contribution in [0.5, 0.6) is 0 Å². The Morgan fingerprint density at radius 1 is 1.26 bits per heavy atom. The lowest BCUT2D eigenvalue weighted by molar-refractivity contribution is -0.101. The topological polar surface area (TPSA) is 73.5 Å². The Morgan fingerprint density at radius 2 is 2.17 bits per heavy atom. The van der Waals surface area contributed by atoms with E-state index in [1.807, 2.05) is 12.1 Å². The van der Waals surface area contributed by atoms with Gasteiger partial charge in [-0.1, -0.05) is 5.16 Å². The van der Waals surface area contributed by atoms with Gasteiger partial charge in [-0.3, -0.25) is 9.88 Å². The third kappa shape index (κ3) is 3.41. The van der Waals surface area contributed by atoms with Crippen LogP contribution in [0.2, 0.25) is 0 Å². The van der Waals surface area contributed by atoms with Crippen molar-refractivity contribution >= 4 is 0 Å². The molecule has 2 aliphatic rings. The van der Waals surface area contributed by atoms with E-state index in [4.69, 9.17) is 14.0 Å². The summed E-state index contributed by atoms with van der Waals surface area (Å²) in [6.07, 6.45) is 5.70. The summed E-state index contributed by atoms with van der Waals surface area (Å²) in [6, 6.07) is 3.79. The highest BCUT2D eigenvalue weighted by molar-refractivity contribution is 5.51. The number of pyridine rings is 1. The van der Waals surface area contributed by atoms with Gasteiger partial charge in [0.05, 0.1) is 19.8 Å². The molecule has 7 heteroatoms. The minimum absolute atomic E-state index is 0.0496. The Bertz CT molecular complexity index is 627. The summed E-state index contributed by atoms with van der Waals surface area (Å²) in [6.45, 7) is 4.05. The van der Waals surface area contributed by atoms with Crippen LogP contribution in [-0.4, -0.2) is 52.6 Å². The van der Waals surface area contributed by atoms with E-state index in [-0.39, 0.29) is 6.29 Å². The normalized spacial score (nSPS) is 23.4. The smallest absolute Gasteiger partial charge is 0.241 e. The molecule has 0 saturated carbocycles. The van der Waals surface area contributed by atoms with Crippen molar-refractivity contribution < 1.29 is 14.0 Å². The van der Waals surface area contributed by atoms with Gasteiger partial charge in [-0.25, -0.2) is 0 Å². The van der Waals surface area contributed by atoms with Crippen molar-refractivity contribution in [3.63, 3.8) is 0 Å². The van der Waals surface area contributed by atoms with E-state index in [0.717, 1.165) is 31.5 Å². The van der Waals surface area contributed by atoms with E-state index in [0.29, 0.717) is 37.4 Å². The molecule has 0 amide bonds. The van der Waals surface area contributed by atoms with Crippen molar-refractivity contribution in [2.75, 3.05) is 26.3 Å². The molecule has 0 N–H and O–H groups in total. The first-order valence-electron chi connectivity index (χ1n) is 8.07. The van der Waals surface area contributed by atoms with Gasteiger partial charge in [-0.15, -0.1) is 0 Å². The maximum Gasteiger partial charge on any atom is 0.241 e. The van der Waals surface area contributed by atoms with Crippen LogP contribution in [0.25, 0.3) is 11.4 Å². The molecule has 122 valence electrons. The van der Waals surface area contributed by atoms with Gasteiger partial charge < -0.3 is 14.0 Å². The fourth-order valence-corrected chi connectivity index (χ4v) is 3.23. The Morgan fingerprint density at radius 3 is 3.00 bits per heavy atom. The van der Waals surface area contributed by atoms with E-state index >= 15 is 0 Å². The van der Waals surface area contributed by atoms with Crippen LogP contribution in [0.4, 0.5) is 0 Å². The summed E-state index contributed by atoms with van der Waals surface area (Å²) in [5, 5.41) is 4.05. The average molecular weight is 316 g/mol. The molecule has 2 aromatic heterocycles. The number of piperidine rings is 1. The standard InChI is InChI=1S/C16H20N4O3/c1-3-12(9-17-5-1)15-18-14(23-19-15)11-20-6-2-4-13(10-20)16-21-7-8-22-16/h1,3,5,9,13,16H,2,4,6-8,10-11H2. The zero-order chi connectivity index (χ0) is 15.5. The predicted molar refractivity (Wildman–Crippen MR) is 81.2 cm³/mol. The lowest BCUT2D eigenvalue weighted by Crippen LogP contribution is -2.40. The van der Waals surface area contributed by atoms with E-state index < -0.39 is 0 Å². The molecule has 0 spiro atoms. The second-order valence-corrected chi connectivity index (χ2v) is 6.00. The van der Waals surface area contributed by atoms with Crippen LogP contribution in [0.3, 0.4) is 0 Å². The summed E-state index contributed by atoms with van der Waals surface area (Å²) in [4.78, 5) is 10.9. The van der Waals surface area contributed by atoms with Gasteiger partial charge in [-0.05, 0) is 31.5 Å². The van der Waals surface area contributed by atoms with Crippen molar-refractivity contribution in [1.29, 1.82) is 0 Å². The summed E-state index contributed by atoms with van der Waals surface area (Å²) in [5.41, 5.74) is 0.867. The molecule has 0 radical (unpaired) electrons. The maximum absolute atomic E-state index is 5.65. The summed E-state index contributed by atoms with van der Waals surface area (Å²) in [5.74, 6) is 1.65. The number of aromatic nitrogens is 3. The molecule has 0 aliphatic carbocycles. The monoisotopic (exact) mass is 316 g/mol. The summed E-state index contributed by atoms with van der Waals surface area (Å²) in [7, 11) is 0. The Kier molecular flexibility index (Phi) is 4.32. The second kappa shape index (κ2) is 6.74. The molecule has 1 unspecified atom stereocenters. The number of nitrogens with zero attached hydrogens (tertiary/aromatic N) is 4. The highest BCUT2D eigenvalue weighted by Gasteiger charge is 2.31. The van der Waals surface area contributed by atoms with Gasteiger partial charge in [0.2, 0.25) is 11.7 Å². The average Bonchev–Trinajstić information content (AvgIpc) is 3.28. The Labute approximate surface area is 134 Å². The van der Waals surface area contributed by atoms with E-state index in [9.17, 15) is 0 Å². The second-order valence-electron chi connectivity index (χ2n) is 6.00. The Hall–Kier alpha value is -1.83. The van der Waals surface area contributed by atoms with Gasteiger partial charge in [0, 0.05) is 30.4 Å². The van der Waals surface area contributed by atoms with Crippen LogP contribution in [0.15, 0.2) is 29.0 Å². The van der Waals surface area contributed by atoms with E-state index in [1.165, 1.54) is 0 Å². The zero-order valence-electron chi connectivity index (χ0n) is 12.9. The molecular weight excluding hydrogens is 296 g/mol. The number of rotatable bonds is 4. The predicted octanol–water partition coefficient (Wildman–Crippen LogP) is 1.72. The highest BCUT2D eigenvalue weighted by atomic mass is 16.7. The number of ether oxygens (including phenoxy) is 2. The SMILES string of the molecule is c1cncc(-c2noc(CN3CCCC(C4OCCO4)C3)n2)c1. The summed E-state index contributed by atoms with van der Waals surface area (Å²) < 4.78 is 16.7. The van der Waals surface area contributed by atoms with Crippen LogP contribution >= 0.6 is 0 Å². The van der Waals surface area contributed by atoms with Crippen molar-refractivity contribution in [3.8, 4) is 11.4 Å². The molecule has 0 bridgehead atoms. The Balaban J connectivity index is 1.39. The molecule has 4 heterocycles. The van der Waals surface area contributed by atoms with Crippen molar-refractivity contribution in [2.45, 2.75) is 25.7 Å². The van der Waals surface area contributed by atoms with E-state index in [2.05, 4.69) is 20.0 Å². The highest BCUT2D eigenvalue weighted by Crippen LogP contribution is 2.26. The van der Waals surface area contributed by atoms with Gasteiger partial charge in [0.25, 0.3) is 0 Å². The first kappa shape index (κ1) is 14.7. The molecule has 23 heavy (non-hydrogen) atoms.